The number of carbonyl (C=O) groups excluding carboxylic acids is 1. The fourth-order valence-corrected chi connectivity index (χ4v) is 2.10. The molecular weight excluding hydrogens is 296 g/mol. The van der Waals surface area contributed by atoms with Gasteiger partial charge >= 0.3 is 0 Å². The van der Waals surface area contributed by atoms with E-state index >= 15 is 0 Å². The van der Waals surface area contributed by atoms with Crippen LogP contribution in [0.25, 0.3) is 0 Å². The van der Waals surface area contributed by atoms with E-state index in [9.17, 15) is 4.79 Å². The van der Waals surface area contributed by atoms with Crippen LogP contribution in [0, 0.1) is 0 Å². The monoisotopic (exact) mass is 314 g/mol. The van der Waals surface area contributed by atoms with Gasteiger partial charge in [0.2, 0.25) is 5.91 Å². The molecule has 0 spiro atoms. The smallest absolute Gasteiger partial charge is 0.237 e. The molecule has 0 aliphatic rings. The summed E-state index contributed by atoms with van der Waals surface area (Å²) in [6.07, 6.45) is 0.630. The van der Waals surface area contributed by atoms with Crippen molar-refractivity contribution in [3.05, 3.63) is 28.2 Å². The number of rotatable bonds is 5. The Hall–Kier alpha value is -1.07. The van der Waals surface area contributed by atoms with Crippen LogP contribution >= 0.6 is 15.9 Å². The molecule has 0 aromatic heterocycles. The normalized spacial score (nSPS) is 13.8. The van der Waals surface area contributed by atoms with Crippen LogP contribution in [0.5, 0.6) is 5.75 Å². The van der Waals surface area contributed by atoms with Crippen molar-refractivity contribution in [3.63, 3.8) is 0 Å². The number of nitrogens with one attached hydrogen (secondary N) is 1. The second-order valence-electron chi connectivity index (χ2n) is 4.14. The van der Waals surface area contributed by atoms with Gasteiger partial charge in [0.1, 0.15) is 5.75 Å². The van der Waals surface area contributed by atoms with E-state index < -0.39 is 6.04 Å². The maximum Gasteiger partial charge on any atom is 0.237 e. The van der Waals surface area contributed by atoms with Crippen LogP contribution in [0.2, 0.25) is 0 Å². The van der Waals surface area contributed by atoms with Gasteiger partial charge in [0, 0.05) is 0 Å². The number of hydrogen-bond donors (Lipinski definition) is 2. The average Bonchev–Trinajstić information content (AvgIpc) is 2.37. The molecule has 1 aromatic carbocycles. The summed E-state index contributed by atoms with van der Waals surface area (Å²) in [7, 11) is 1.62. The summed E-state index contributed by atoms with van der Waals surface area (Å²) in [4.78, 5) is 11.7. The SMILES string of the molecule is CCC(N)C(=O)NC(C)c1ccc(OC)c(Br)c1. The molecule has 2 atom stereocenters. The number of hydrogen-bond acceptors (Lipinski definition) is 3. The first-order chi connectivity index (χ1) is 8.49. The van der Waals surface area contributed by atoms with Crippen LogP contribution in [-0.2, 0) is 4.79 Å². The van der Waals surface area contributed by atoms with Gasteiger partial charge in [-0.05, 0) is 47.0 Å². The maximum absolute atomic E-state index is 11.7. The molecular formula is C13H19BrN2O2. The number of amides is 1. The molecule has 0 saturated heterocycles. The van der Waals surface area contributed by atoms with Crippen molar-refractivity contribution in [2.75, 3.05) is 7.11 Å². The van der Waals surface area contributed by atoms with Gasteiger partial charge in [0.15, 0.2) is 0 Å². The largest absolute Gasteiger partial charge is 0.496 e. The summed E-state index contributed by atoms with van der Waals surface area (Å²) in [5, 5.41) is 2.89. The van der Waals surface area contributed by atoms with Crippen molar-refractivity contribution >= 4 is 21.8 Å². The Morgan fingerprint density at radius 1 is 1.56 bits per heavy atom. The minimum absolute atomic E-state index is 0.0858. The second-order valence-corrected chi connectivity index (χ2v) is 4.99. The molecule has 5 heteroatoms. The summed E-state index contributed by atoms with van der Waals surface area (Å²) < 4.78 is 6.03. The Balaban J connectivity index is 2.75. The molecule has 0 bridgehead atoms. The summed E-state index contributed by atoms with van der Waals surface area (Å²) in [6, 6.07) is 5.18. The Labute approximate surface area is 116 Å². The highest BCUT2D eigenvalue weighted by Gasteiger charge is 2.15. The molecule has 0 aliphatic carbocycles. The fourth-order valence-electron chi connectivity index (χ4n) is 1.54. The summed E-state index contributed by atoms with van der Waals surface area (Å²) in [6.45, 7) is 3.81. The number of carbonyl (C=O) groups is 1. The number of methoxy groups -OCH3 is 1. The molecule has 0 heterocycles. The van der Waals surface area contributed by atoms with Gasteiger partial charge in [-0.1, -0.05) is 13.0 Å². The number of nitrogens with two attached hydrogens (primary N) is 1. The van der Waals surface area contributed by atoms with Gasteiger partial charge in [-0.25, -0.2) is 0 Å². The lowest BCUT2D eigenvalue weighted by atomic mass is 10.1. The molecule has 2 unspecified atom stereocenters. The number of halogens is 1. The molecule has 18 heavy (non-hydrogen) atoms. The Morgan fingerprint density at radius 3 is 2.72 bits per heavy atom. The quantitative estimate of drug-likeness (QED) is 0.877. The van der Waals surface area contributed by atoms with E-state index in [0.717, 1.165) is 15.8 Å². The van der Waals surface area contributed by atoms with Gasteiger partial charge < -0.3 is 15.8 Å². The molecule has 0 saturated carbocycles. The lowest BCUT2D eigenvalue weighted by Gasteiger charge is -2.18. The molecule has 1 aromatic rings. The van der Waals surface area contributed by atoms with Crippen molar-refractivity contribution in [1.82, 2.24) is 5.32 Å². The van der Waals surface area contributed by atoms with Crippen molar-refractivity contribution in [3.8, 4) is 5.75 Å². The molecule has 0 radical (unpaired) electrons. The molecule has 1 amide bonds. The fraction of sp³-hybridized carbons (Fsp3) is 0.462. The van der Waals surface area contributed by atoms with Crippen LogP contribution < -0.4 is 15.8 Å². The summed E-state index contributed by atoms with van der Waals surface area (Å²) >= 11 is 3.42. The van der Waals surface area contributed by atoms with Crippen LogP contribution in [0.1, 0.15) is 31.9 Å². The van der Waals surface area contributed by atoms with Crippen molar-refractivity contribution in [2.45, 2.75) is 32.4 Å². The standard InChI is InChI=1S/C13H19BrN2O2/c1-4-11(15)13(17)16-8(2)9-5-6-12(18-3)10(14)7-9/h5-8,11H,4,15H2,1-3H3,(H,16,17). The zero-order valence-electron chi connectivity index (χ0n) is 10.9. The van der Waals surface area contributed by atoms with E-state index in [1.54, 1.807) is 7.11 Å². The van der Waals surface area contributed by atoms with Gasteiger partial charge in [0.25, 0.3) is 0 Å². The molecule has 0 aliphatic heterocycles. The predicted octanol–water partition coefficient (Wildman–Crippen LogP) is 2.37. The zero-order valence-corrected chi connectivity index (χ0v) is 12.5. The first-order valence-electron chi connectivity index (χ1n) is 5.89. The van der Waals surface area contributed by atoms with E-state index in [4.69, 9.17) is 10.5 Å². The highest BCUT2D eigenvalue weighted by Crippen LogP contribution is 2.27. The van der Waals surface area contributed by atoms with Crippen LogP contribution in [0.3, 0.4) is 0 Å². The highest BCUT2D eigenvalue weighted by atomic mass is 79.9. The Morgan fingerprint density at radius 2 is 2.22 bits per heavy atom. The van der Waals surface area contributed by atoms with E-state index in [-0.39, 0.29) is 11.9 Å². The van der Waals surface area contributed by atoms with Crippen molar-refractivity contribution in [2.24, 2.45) is 5.73 Å². The average molecular weight is 315 g/mol. The predicted molar refractivity (Wildman–Crippen MR) is 75.5 cm³/mol. The van der Waals surface area contributed by atoms with Gasteiger partial charge in [-0.2, -0.15) is 0 Å². The zero-order chi connectivity index (χ0) is 13.7. The first-order valence-corrected chi connectivity index (χ1v) is 6.68. The van der Waals surface area contributed by atoms with Gasteiger partial charge in [0.05, 0.1) is 23.7 Å². The lowest BCUT2D eigenvalue weighted by molar-refractivity contribution is -0.123. The maximum atomic E-state index is 11.7. The highest BCUT2D eigenvalue weighted by molar-refractivity contribution is 9.10. The van der Waals surface area contributed by atoms with Crippen LogP contribution in [0.15, 0.2) is 22.7 Å². The third-order valence-electron chi connectivity index (χ3n) is 2.81. The van der Waals surface area contributed by atoms with Crippen molar-refractivity contribution in [1.29, 1.82) is 0 Å². The lowest BCUT2D eigenvalue weighted by Crippen LogP contribution is -2.41. The minimum atomic E-state index is -0.450. The number of benzene rings is 1. The first kappa shape index (κ1) is 15.0. The molecule has 1 rings (SSSR count). The third kappa shape index (κ3) is 3.71. The minimum Gasteiger partial charge on any atom is -0.496 e. The van der Waals surface area contributed by atoms with Crippen LogP contribution in [-0.4, -0.2) is 19.1 Å². The van der Waals surface area contributed by atoms with E-state index in [1.807, 2.05) is 32.0 Å². The Bertz CT molecular complexity index is 423. The topological polar surface area (TPSA) is 64.4 Å². The molecule has 100 valence electrons. The molecule has 3 N–H and O–H groups in total. The van der Waals surface area contributed by atoms with Gasteiger partial charge in [-0.3, -0.25) is 4.79 Å². The second kappa shape index (κ2) is 6.75. The molecule has 4 nitrogen and oxygen atoms in total. The molecule has 0 fully saturated rings. The van der Waals surface area contributed by atoms with Crippen molar-refractivity contribution < 1.29 is 9.53 Å². The third-order valence-corrected chi connectivity index (χ3v) is 3.43. The summed E-state index contributed by atoms with van der Waals surface area (Å²) in [5.41, 5.74) is 6.68. The number of ether oxygens (including phenoxy) is 1. The van der Waals surface area contributed by atoms with Crippen LogP contribution in [0.4, 0.5) is 0 Å². The Kier molecular flexibility index (Phi) is 5.62. The van der Waals surface area contributed by atoms with Gasteiger partial charge in [-0.15, -0.1) is 0 Å². The summed E-state index contributed by atoms with van der Waals surface area (Å²) in [5.74, 6) is 0.638. The van der Waals surface area contributed by atoms with E-state index in [0.29, 0.717) is 6.42 Å². The van der Waals surface area contributed by atoms with E-state index in [1.165, 1.54) is 0 Å². The van der Waals surface area contributed by atoms with E-state index in [2.05, 4.69) is 21.2 Å².